The zero-order valence-electron chi connectivity index (χ0n) is 14.6. The molecule has 0 amide bonds. The summed E-state index contributed by atoms with van der Waals surface area (Å²) in [6.07, 6.45) is 2.74. The highest BCUT2D eigenvalue weighted by Gasteiger charge is 2.26. The number of nitrogens with one attached hydrogen (secondary N) is 1. The molecule has 0 aromatic carbocycles. The lowest BCUT2D eigenvalue weighted by molar-refractivity contribution is -0.0135. The maximum atomic E-state index is 12.9. The normalized spacial score (nSPS) is 26.3. The number of hydrogen-bond donors (Lipinski definition) is 2. The molecule has 0 bridgehead atoms. The average Bonchev–Trinajstić information content (AvgIpc) is 3.16. The van der Waals surface area contributed by atoms with Gasteiger partial charge in [0.15, 0.2) is 0 Å². The topological polar surface area (TPSA) is 85.6 Å². The van der Waals surface area contributed by atoms with E-state index in [1.807, 2.05) is 17.6 Å². The number of halogens is 1. The zero-order chi connectivity index (χ0) is 18.3. The number of hydrogen-bond acceptors (Lipinski definition) is 6. The largest absolute Gasteiger partial charge is 0.389 e. The molecule has 0 radical (unpaired) electrons. The Hall–Kier alpha value is -1.48. The summed E-state index contributed by atoms with van der Waals surface area (Å²) in [6.45, 7) is 4.04. The molecule has 2 aromatic rings. The Labute approximate surface area is 159 Å². The van der Waals surface area contributed by atoms with Gasteiger partial charge in [-0.15, -0.1) is 0 Å². The van der Waals surface area contributed by atoms with Gasteiger partial charge >= 0.3 is 0 Å². The van der Waals surface area contributed by atoms with Crippen molar-refractivity contribution < 1.29 is 14.6 Å². The van der Waals surface area contributed by atoms with Crippen LogP contribution in [0, 0.1) is 6.92 Å². The summed E-state index contributed by atoms with van der Waals surface area (Å²) in [5.41, 5.74) is 1.67. The predicted molar refractivity (Wildman–Crippen MR) is 102 cm³/mol. The minimum Gasteiger partial charge on any atom is -0.389 e. The van der Waals surface area contributed by atoms with Gasteiger partial charge in [-0.1, -0.05) is 0 Å². The van der Waals surface area contributed by atoms with Gasteiger partial charge in [0.2, 0.25) is 0 Å². The molecule has 2 saturated heterocycles. The van der Waals surface area contributed by atoms with Gasteiger partial charge in [-0.3, -0.25) is 4.79 Å². The molecule has 0 aliphatic carbocycles. The van der Waals surface area contributed by atoms with Crippen LogP contribution in [0.3, 0.4) is 0 Å². The van der Waals surface area contributed by atoms with Crippen molar-refractivity contribution in [1.82, 2.24) is 9.55 Å². The molecule has 4 heterocycles. The molecular weight excluding hydrogens is 402 g/mol. The third-order valence-corrected chi connectivity index (χ3v) is 6.15. The van der Waals surface area contributed by atoms with Crippen LogP contribution in [0.15, 0.2) is 21.5 Å². The van der Waals surface area contributed by atoms with Crippen molar-refractivity contribution in [2.45, 2.75) is 38.0 Å². The lowest BCUT2D eigenvalue weighted by Gasteiger charge is -2.29. The van der Waals surface area contributed by atoms with E-state index in [0.29, 0.717) is 43.1 Å². The summed E-state index contributed by atoms with van der Waals surface area (Å²) in [7, 11) is 0. The van der Waals surface area contributed by atoms with Crippen molar-refractivity contribution in [2.24, 2.45) is 0 Å². The molecule has 2 aliphatic heterocycles. The van der Waals surface area contributed by atoms with E-state index in [0.717, 1.165) is 22.9 Å². The molecule has 140 valence electrons. The van der Waals surface area contributed by atoms with Gasteiger partial charge in [0, 0.05) is 30.9 Å². The number of aryl methyl sites for hydroxylation is 1. The molecule has 2 fully saturated rings. The standard InChI is InChI=1S/C18H22BrN3O4/c1-10-12-7-20-16(21-13-3-5-26-9-15(13)23)6-14(12)22(18(24)17(10)19)11-2-4-25-8-11/h6-7,11,13,15,23H,2-5,8-9H2,1H3,(H,20,21)/t11?,13?,15-/m1/s1. The van der Waals surface area contributed by atoms with Crippen LogP contribution >= 0.6 is 15.9 Å². The molecule has 2 unspecified atom stereocenters. The molecule has 26 heavy (non-hydrogen) atoms. The second-order valence-corrected chi connectivity index (χ2v) is 7.69. The summed E-state index contributed by atoms with van der Waals surface area (Å²) in [6, 6.07) is 1.81. The fourth-order valence-corrected chi connectivity index (χ4v) is 4.08. The van der Waals surface area contributed by atoms with Crippen LogP contribution < -0.4 is 10.9 Å². The highest BCUT2D eigenvalue weighted by Crippen LogP contribution is 2.29. The second kappa shape index (κ2) is 7.26. The maximum Gasteiger partial charge on any atom is 0.265 e. The quantitative estimate of drug-likeness (QED) is 0.784. The zero-order valence-corrected chi connectivity index (χ0v) is 16.2. The minimum absolute atomic E-state index is 0.0193. The minimum atomic E-state index is -0.571. The smallest absolute Gasteiger partial charge is 0.265 e. The van der Waals surface area contributed by atoms with E-state index in [4.69, 9.17) is 9.47 Å². The Balaban J connectivity index is 1.79. The fraction of sp³-hybridized carbons (Fsp3) is 0.556. The SMILES string of the molecule is Cc1c(Br)c(=O)n(C2CCOC2)c2cc(NC3CCOC[C@H]3O)ncc12. The van der Waals surface area contributed by atoms with Crippen LogP contribution in [-0.4, -0.2) is 53.2 Å². The van der Waals surface area contributed by atoms with Gasteiger partial charge in [-0.25, -0.2) is 4.98 Å². The number of nitrogens with zero attached hydrogens (tertiary/aromatic N) is 2. The number of aliphatic hydroxyl groups excluding tert-OH is 1. The third kappa shape index (κ3) is 3.15. The van der Waals surface area contributed by atoms with Crippen molar-refractivity contribution in [3.63, 3.8) is 0 Å². The molecule has 8 heteroatoms. The number of rotatable bonds is 3. The first-order valence-electron chi connectivity index (χ1n) is 8.86. The summed E-state index contributed by atoms with van der Waals surface area (Å²) in [5, 5.41) is 14.3. The molecule has 2 aliphatic rings. The van der Waals surface area contributed by atoms with Crippen LogP contribution in [0.2, 0.25) is 0 Å². The van der Waals surface area contributed by atoms with Crippen LogP contribution in [0.25, 0.3) is 10.9 Å². The van der Waals surface area contributed by atoms with Gasteiger partial charge in [-0.2, -0.15) is 0 Å². The van der Waals surface area contributed by atoms with E-state index in [1.54, 1.807) is 6.20 Å². The van der Waals surface area contributed by atoms with E-state index in [-0.39, 0.29) is 17.6 Å². The van der Waals surface area contributed by atoms with Crippen LogP contribution in [0.5, 0.6) is 0 Å². The number of aromatic nitrogens is 2. The highest BCUT2D eigenvalue weighted by atomic mass is 79.9. The Kier molecular flexibility index (Phi) is 5.00. The molecule has 0 saturated carbocycles. The molecule has 2 aromatic heterocycles. The molecule has 3 atom stereocenters. The number of pyridine rings is 2. The number of fused-ring (bicyclic) bond motifs is 1. The average molecular weight is 424 g/mol. The Morgan fingerprint density at radius 3 is 2.81 bits per heavy atom. The first-order chi connectivity index (χ1) is 12.6. The van der Waals surface area contributed by atoms with Gasteiger partial charge in [-0.05, 0) is 41.3 Å². The van der Waals surface area contributed by atoms with E-state index in [2.05, 4.69) is 26.2 Å². The molecule has 0 spiro atoms. The highest BCUT2D eigenvalue weighted by molar-refractivity contribution is 9.10. The molecule has 4 rings (SSSR count). The van der Waals surface area contributed by atoms with E-state index >= 15 is 0 Å². The van der Waals surface area contributed by atoms with Gasteiger partial charge in [0.05, 0.1) is 41.4 Å². The van der Waals surface area contributed by atoms with Gasteiger partial charge < -0.3 is 24.5 Å². The summed E-state index contributed by atoms with van der Waals surface area (Å²) in [4.78, 5) is 17.4. The van der Waals surface area contributed by atoms with Gasteiger partial charge in [0.25, 0.3) is 5.56 Å². The summed E-state index contributed by atoms with van der Waals surface area (Å²) < 4.78 is 13.2. The Morgan fingerprint density at radius 1 is 1.31 bits per heavy atom. The van der Waals surface area contributed by atoms with Crippen molar-refractivity contribution >= 4 is 32.7 Å². The second-order valence-electron chi connectivity index (χ2n) is 6.90. The van der Waals surface area contributed by atoms with Gasteiger partial charge in [0.1, 0.15) is 5.82 Å². The van der Waals surface area contributed by atoms with Crippen LogP contribution in [0.1, 0.15) is 24.4 Å². The molecule has 7 nitrogen and oxygen atoms in total. The first-order valence-corrected chi connectivity index (χ1v) is 9.66. The van der Waals surface area contributed by atoms with Crippen molar-refractivity contribution in [2.75, 3.05) is 31.7 Å². The Bertz CT molecular complexity index is 879. The number of anilines is 1. The predicted octanol–water partition coefficient (Wildman–Crippen LogP) is 1.99. The van der Waals surface area contributed by atoms with Crippen molar-refractivity contribution in [3.8, 4) is 0 Å². The molecule has 2 N–H and O–H groups in total. The molecular formula is C18H22BrN3O4. The maximum absolute atomic E-state index is 12.9. The van der Waals surface area contributed by atoms with Crippen LogP contribution in [-0.2, 0) is 9.47 Å². The summed E-state index contributed by atoms with van der Waals surface area (Å²) in [5.74, 6) is 0.650. The van der Waals surface area contributed by atoms with Crippen LogP contribution in [0.4, 0.5) is 5.82 Å². The first kappa shape index (κ1) is 17.9. The fourth-order valence-electron chi connectivity index (χ4n) is 3.68. The third-order valence-electron chi connectivity index (χ3n) is 5.21. The summed E-state index contributed by atoms with van der Waals surface area (Å²) >= 11 is 3.44. The lowest BCUT2D eigenvalue weighted by Crippen LogP contribution is -2.42. The van der Waals surface area contributed by atoms with E-state index < -0.39 is 6.10 Å². The van der Waals surface area contributed by atoms with E-state index in [9.17, 15) is 9.90 Å². The number of aliphatic hydroxyl groups is 1. The Morgan fingerprint density at radius 2 is 2.08 bits per heavy atom. The number of ether oxygens (including phenoxy) is 2. The lowest BCUT2D eigenvalue weighted by atomic mass is 10.1. The van der Waals surface area contributed by atoms with Crippen molar-refractivity contribution in [3.05, 3.63) is 32.7 Å². The monoisotopic (exact) mass is 423 g/mol. The van der Waals surface area contributed by atoms with Crippen molar-refractivity contribution in [1.29, 1.82) is 0 Å². The van der Waals surface area contributed by atoms with E-state index in [1.165, 1.54) is 0 Å².